The number of likely N-dealkylation sites (tertiary alicyclic amines) is 1. The van der Waals surface area contributed by atoms with Gasteiger partial charge in [-0.05, 0) is 49.3 Å². The molecule has 0 saturated carbocycles. The van der Waals surface area contributed by atoms with Gasteiger partial charge in [-0.15, -0.1) is 0 Å². The first-order valence-corrected chi connectivity index (χ1v) is 11.0. The summed E-state index contributed by atoms with van der Waals surface area (Å²) in [5.41, 5.74) is 0.576. The molecule has 0 aliphatic carbocycles. The highest BCUT2D eigenvalue weighted by Gasteiger charge is 2.34. The van der Waals surface area contributed by atoms with Crippen LogP contribution in [0, 0.1) is 17.7 Å². The van der Waals surface area contributed by atoms with Crippen molar-refractivity contribution in [2.24, 2.45) is 11.8 Å². The molecule has 5 nitrogen and oxygen atoms in total. The van der Waals surface area contributed by atoms with E-state index in [2.05, 4.69) is 6.92 Å². The first-order chi connectivity index (χ1) is 12.3. The Kier molecular flexibility index (Phi) is 5.97. The molecule has 2 heterocycles. The predicted octanol–water partition coefficient (Wildman–Crippen LogP) is 2.63. The molecule has 1 aromatic carbocycles. The van der Waals surface area contributed by atoms with Gasteiger partial charge in [-0.1, -0.05) is 19.1 Å². The number of nitrogens with zero attached hydrogens (tertiary/aromatic N) is 2. The normalized spacial score (nSPS) is 23.2. The van der Waals surface area contributed by atoms with Crippen LogP contribution < -0.4 is 0 Å². The van der Waals surface area contributed by atoms with E-state index in [0.29, 0.717) is 37.4 Å². The standard InChI is InChI=1S/C19H27FN2O3S/c1-15-3-2-10-21(13-15)19(23)17-8-11-22(12-9-17)26(24,25)14-16-4-6-18(20)7-5-16/h4-7,15,17H,2-3,8-14H2,1H3/t15-/m0/s1. The summed E-state index contributed by atoms with van der Waals surface area (Å²) < 4.78 is 39.6. The minimum Gasteiger partial charge on any atom is -0.342 e. The molecule has 1 amide bonds. The number of amides is 1. The molecular formula is C19H27FN2O3S. The van der Waals surface area contributed by atoms with Crippen LogP contribution in [0.1, 0.15) is 38.2 Å². The molecule has 0 unspecified atom stereocenters. The fourth-order valence-electron chi connectivity index (χ4n) is 3.91. The van der Waals surface area contributed by atoms with Gasteiger partial charge in [0.2, 0.25) is 15.9 Å². The molecule has 2 fully saturated rings. The second-order valence-electron chi connectivity index (χ2n) is 7.59. The highest BCUT2D eigenvalue weighted by atomic mass is 32.2. The smallest absolute Gasteiger partial charge is 0.225 e. The summed E-state index contributed by atoms with van der Waals surface area (Å²) in [6.45, 7) is 4.57. The van der Waals surface area contributed by atoms with E-state index in [1.807, 2.05) is 4.90 Å². The number of carbonyl (C=O) groups is 1. The first-order valence-electron chi connectivity index (χ1n) is 9.36. The number of sulfonamides is 1. The second-order valence-corrected chi connectivity index (χ2v) is 9.56. The zero-order valence-corrected chi connectivity index (χ0v) is 16.0. The van der Waals surface area contributed by atoms with Crippen LogP contribution in [0.15, 0.2) is 24.3 Å². The van der Waals surface area contributed by atoms with Crippen LogP contribution in [0.2, 0.25) is 0 Å². The van der Waals surface area contributed by atoms with Crippen molar-refractivity contribution in [1.29, 1.82) is 0 Å². The Labute approximate surface area is 155 Å². The van der Waals surface area contributed by atoms with Crippen LogP contribution in [0.25, 0.3) is 0 Å². The average molecular weight is 383 g/mol. The van der Waals surface area contributed by atoms with E-state index in [4.69, 9.17) is 0 Å². The highest BCUT2D eigenvalue weighted by molar-refractivity contribution is 7.88. The molecular weight excluding hydrogens is 355 g/mol. The molecule has 0 spiro atoms. The molecule has 7 heteroatoms. The van der Waals surface area contributed by atoms with Gasteiger partial charge < -0.3 is 4.90 Å². The lowest BCUT2D eigenvalue weighted by molar-refractivity contribution is -0.138. The number of carbonyl (C=O) groups excluding carboxylic acids is 1. The largest absolute Gasteiger partial charge is 0.342 e. The minimum absolute atomic E-state index is 0.0717. The summed E-state index contributed by atoms with van der Waals surface area (Å²) in [4.78, 5) is 14.7. The zero-order valence-electron chi connectivity index (χ0n) is 15.2. The van der Waals surface area contributed by atoms with Gasteiger partial charge in [0, 0.05) is 32.1 Å². The molecule has 0 bridgehead atoms. The zero-order chi connectivity index (χ0) is 18.7. The third-order valence-corrected chi connectivity index (χ3v) is 7.28. The third kappa shape index (κ3) is 4.62. The number of halogens is 1. The van der Waals surface area contributed by atoms with Crippen LogP contribution in [-0.4, -0.2) is 49.7 Å². The molecule has 2 aliphatic rings. The van der Waals surface area contributed by atoms with E-state index in [-0.39, 0.29) is 23.4 Å². The highest BCUT2D eigenvalue weighted by Crippen LogP contribution is 2.25. The van der Waals surface area contributed by atoms with Gasteiger partial charge in [-0.25, -0.2) is 17.1 Å². The Balaban J connectivity index is 1.55. The van der Waals surface area contributed by atoms with Gasteiger partial charge in [0.25, 0.3) is 0 Å². The number of benzene rings is 1. The van der Waals surface area contributed by atoms with Crippen molar-refractivity contribution in [3.63, 3.8) is 0 Å². The molecule has 2 aliphatic heterocycles. The Morgan fingerprint density at radius 1 is 1.12 bits per heavy atom. The topological polar surface area (TPSA) is 57.7 Å². The summed E-state index contributed by atoms with van der Waals surface area (Å²) in [5.74, 6) is 0.154. The molecule has 26 heavy (non-hydrogen) atoms. The summed E-state index contributed by atoms with van der Waals surface area (Å²) in [6.07, 6.45) is 3.38. The predicted molar refractivity (Wildman–Crippen MR) is 98.3 cm³/mol. The Bertz CT molecular complexity index is 728. The van der Waals surface area contributed by atoms with Crippen molar-refractivity contribution in [2.75, 3.05) is 26.2 Å². The minimum atomic E-state index is -3.45. The Morgan fingerprint density at radius 3 is 2.38 bits per heavy atom. The van der Waals surface area contributed by atoms with Gasteiger partial charge in [-0.2, -0.15) is 0 Å². The van der Waals surface area contributed by atoms with Crippen molar-refractivity contribution >= 4 is 15.9 Å². The Hall–Kier alpha value is -1.47. The maximum absolute atomic E-state index is 13.0. The fourth-order valence-corrected chi connectivity index (χ4v) is 5.47. The molecule has 144 valence electrons. The van der Waals surface area contributed by atoms with Crippen molar-refractivity contribution in [3.05, 3.63) is 35.6 Å². The molecule has 0 aromatic heterocycles. The molecule has 0 radical (unpaired) electrons. The maximum atomic E-state index is 13.0. The van der Waals surface area contributed by atoms with E-state index < -0.39 is 10.0 Å². The lowest BCUT2D eigenvalue weighted by Crippen LogP contribution is -2.47. The van der Waals surface area contributed by atoms with E-state index in [1.54, 1.807) is 0 Å². The molecule has 2 saturated heterocycles. The maximum Gasteiger partial charge on any atom is 0.225 e. The lowest BCUT2D eigenvalue weighted by Gasteiger charge is -2.36. The van der Waals surface area contributed by atoms with Crippen LogP contribution in [-0.2, 0) is 20.6 Å². The van der Waals surface area contributed by atoms with Gasteiger partial charge in [0.05, 0.1) is 5.75 Å². The lowest BCUT2D eigenvalue weighted by atomic mass is 9.93. The van der Waals surface area contributed by atoms with E-state index in [0.717, 1.165) is 19.5 Å². The summed E-state index contributed by atoms with van der Waals surface area (Å²) >= 11 is 0. The van der Waals surface area contributed by atoms with Crippen molar-refractivity contribution < 1.29 is 17.6 Å². The Morgan fingerprint density at radius 2 is 1.77 bits per heavy atom. The van der Waals surface area contributed by atoms with Crippen LogP contribution in [0.5, 0.6) is 0 Å². The summed E-state index contributed by atoms with van der Waals surface area (Å²) in [6, 6.07) is 5.55. The van der Waals surface area contributed by atoms with E-state index in [1.165, 1.54) is 35.0 Å². The number of hydrogen-bond acceptors (Lipinski definition) is 3. The van der Waals surface area contributed by atoms with Crippen LogP contribution >= 0.6 is 0 Å². The number of rotatable bonds is 4. The summed E-state index contributed by atoms with van der Waals surface area (Å²) in [7, 11) is -3.45. The van der Waals surface area contributed by atoms with Crippen molar-refractivity contribution in [1.82, 2.24) is 9.21 Å². The van der Waals surface area contributed by atoms with Gasteiger partial charge >= 0.3 is 0 Å². The van der Waals surface area contributed by atoms with Gasteiger partial charge in [-0.3, -0.25) is 4.79 Å². The molecule has 1 atom stereocenters. The quantitative estimate of drug-likeness (QED) is 0.804. The fraction of sp³-hybridized carbons (Fsp3) is 0.632. The monoisotopic (exact) mass is 382 g/mol. The molecule has 1 aromatic rings. The van der Waals surface area contributed by atoms with Gasteiger partial charge in [0.15, 0.2) is 0 Å². The summed E-state index contributed by atoms with van der Waals surface area (Å²) in [5, 5.41) is 0. The molecule has 0 N–H and O–H groups in total. The van der Waals surface area contributed by atoms with Crippen molar-refractivity contribution in [2.45, 2.75) is 38.4 Å². The second kappa shape index (κ2) is 8.05. The average Bonchev–Trinajstić information content (AvgIpc) is 2.63. The molecule has 3 rings (SSSR count). The van der Waals surface area contributed by atoms with Crippen molar-refractivity contribution in [3.8, 4) is 0 Å². The van der Waals surface area contributed by atoms with Gasteiger partial charge in [0.1, 0.15) is 5.82 Å². The van der Waals surface area contributed by atoms with Crippen LogP contribution in [0.4, 0.5) is 4.39 Å². The number of hydrogen-bond donors (Lipinski definition) is 0. The van der Waals surface area contributed by atoms with Crippen LogP contribution in [0.3, 0.4) is 0 Å². The van der Waals surface area contributed by atoms with E-state index in [9.17, 15) is 17.6 Å². The van der Waals surface area contributed by atoms with E-state index >= 15 is 0 Å². The number of piperidine rings is 2. The first kappa shape index (κ1) is 19.3. The SMILES string of the molecule is C[C@H]1CCCN(C(=O)C2CCN(S(=O)(=O)Cc3ccc(F)cc3)CC2)C1. The third-order valence-electron chi connectivity index (χ3n) is 5.43.